The molecule has 0 bridgehead atoms. The van der Waals surface area contributed by atoms with Crippen LogP contribution in [0.4, 0.5) is 11.5 Å². The number of benzene rings is 1. The van der Waals surface area contributed by atoms with E-state index in [1.807, 2.05) is 0 Å². The summed E-state index contributed by atoms with van der Waals surface area (Å²) in [5, 5.41) is 15.1. The van der Waals surface area contributed by atoms with Gasteiger partial charge in [-0.25, -0.2) is 23.2 Å². The van der Waals surface area contributed by atoms with Gasteiger partial charge in [0.1, 0.15) is 5.76 Å². The topological polar surface area (TPSA) is 164 Å². The highest BCUT2D eigenvalue weighted by molar-refractivity contribution is 7.92. The zero-order valence-electron chi connectivity index (χ0n) is 14.3. The number of carboxylic acid groups (broad SMARTS) is 1. The maximum Gasteiger partial charge on any atom is 0.356 e. The number of nitrogens with zero attached hydrogens (tertiary/aromatic N) is 3. The molecule has 0 aliphatic carbocycles. The Bertz CT molecular complexity index is 1140. The molecule has 3 N–H and O–H groups in total. The molecule has 28 heavy (non-hydrogen) atoms. The molecule has 0 fully saturated rings. The van der Waals surface area contributed by atoms with Crippen LogP contribution in [0.5, 0.6) is 0 Å². The quantitative estimate of drug-likeness (QED) is 0.553. The maximum absolute atomic E-state index is 12.3. The molecule has 2 aromatic heterocycles. The monoisotopic (exact) mass is 403 g/mol. The molecule has 0 spiro atoms. The maximum atomic E-state index is 12.3. The molecule has 2 heterocycles. The second-order valence-electron chi connectivity index (χ2n) is 5.47. The van der Waals surface area contributed by atoms with Gasteiger partial charge in [0.05, 0.1) is 4.90 Å². The molecule has 0 aliphatic rings. The number of hydrogen-bond acceptors (Lipinski definition) is 8. The van der Waals surface area contributed by atoms with E-state index in [-0.39, 0.29) is 22.1 Å². The van der Waals surface area contributed by atoms with Crippen molar-refractivity contribution in [1.82, 2.24) is 15.1 Å². The van der Waals surface area contributed by atoms with E-state index in [2.05, 4.69) is 25.2 Å². The predicted octanol–water partition coefficient (Wildman–Crippen LogP) is 1.52. The van der Waals surface area contributed by atoms with Crippen LogP contribution in [-0.2, 0) is 10.0 Å². The first-order valence-electron chi connectivity index (χ1n) is 7.68. The molecule has 0 saturated heterocycles. The normalized spacial score (nSPS) is 11.0. The van der Waals surface area contributed by atoms with Gasteiger partial charge in [0.2, 0.25) is 0 Å². The second kappa shape index (κ2) is 7.44. The fourth-order valence-corrected chi connectivity index (χ4v) is 3.16. The third kappa shape index (κ3) is 4.12. The van der Waals surface area contributed by atoms with Crippen molar-refractivity contribution in [1.29, 1.82) is 0 Å². The first-order valence-corrected chi connectivity index (χ1v) is 9.16. The molecule has 1 amide bonds. The minimum Gasteiger partial charge on any atom is -0.476 e. The van der Waals surface area contributed by atoms with Crippen molar-refractivity contribution in [2.45, 2.75) is 11.8 Å². The summed E-state index contributed by atoms with van der Waals surface area (Å²) in [7, 11) is -3.90. The first-order chi connectivity index (χ1) is 13.3. The molecule has 0 aliphatic heterocycles. The van der Waals surface area contributed by atoms with Gasteiger partial charge >= 0.3 is 5.97 Å². The highest BCUT2D eigenvalue weighted by Crippen LogP contribution is 2.18. The summed E-state index contributed by atoms with van der Waals surface area (Å²) in [6, 6.07) is 6.64. The van der Waals surface area contributed by atoms with Gasteiger partial charge in [-0.15, -0.1) is 0 Å². The number of amides is 1. The Labute approximate surface area is 158 Å². The van der Waals surface area contributed by atoms with Gasteiger partial charge in [0.25, 0.3) is 15.9 Å². The van der Waals surface area contributed by atoms with Crippen molar-refractivity contribution in [3.05, 3.63) is 59.9 Å². The Balaban J connectivity index is 1.76. The summed E-state index contributed by atoms with van der Waals surface area (Å²) in [6.45, 7) is 1.62. The fourth-order valence-electron chi connectivity index (χ4n) is 2.18. The van der Waals surface area contributed by atoms with Crippen LogP contribution in [-0.4, -0.2) is 40.5 Å². The minimum atomic E-state index is -3.90. The number of rotatable bonds is 6. The van der Waals surface area contributed by atoms with Crippen LogP contribution < -0.4 is 10.0 Å². The SMILES string of the molecule is Cc1cc(NS(=O)(=O)c2ccc(NC(=O)c3nccnc3C(=O)O)cc2)no1. The van der Waals surface area contributed by atoms with Crippen LogP contribution in [0.2, 0.25) is 0 Å². The van der Waals surface area contributed by atoms with Crippen LogP contribution in [0.1, 0.15) is 26.7 Å². The third-order valence-electron chi connectivity index (χ3n) is 3.41. The van der Waals surface area contributed by atoms with Crippen molar-refractivity contribution in [2.24, 2.45) is 0 Å². The van der Waals surface area contributed by atoms with Gasteiger partial charge in [-0.3, -0.25) is 9.52 Å². The molecule has 0 saturated carbocycles. The van der Waals surface area contributed by atoms with E-state index in [9.17, 15) is 18.0 Å². The Kier molecular flexibility index (Phi) is 5.04. The van der Waals surface area contributed by atoms with Gasteiger partial charge < -0.3 is 14.9 Å². The molecule has 3 rings (SSSR count). The Morgan fingerprint density at radius 2 is 1.71 bits per heavy atom. The molecule has 0 radical (unpaired) electrons. The lowest BCUT2D eigenvalue weighted by molar-refractivity contribution is 0.0685. The van der Waals surface area contributed by atoms with E-state index in [4.69, 9.17) is 9.63 Å². The van der Waals surface area contributed by atoms with Crippen molar-refractivity contribution < 1.29 is 27.6 Å². The summed E-state index contributed by atoms with van der Waals surface area (Å²) in [4.78, 5) is 30.6. The van der Waals surface area contributed by atoms with E-state index >= 15 is 0 Å². The van der Waals surface area contributed by atoms with Crippen LogP contribution in [0.3, 0.4) is 0 Å². The standard InChI is InChI=1S/C16H13N5O6S/c1-9-8-12(20-27-9)21-28(25,26)11-4-2-10(3-5-11)19-15(22)13-14(16(23)24)18-7-6-17-13/h2-8H,1H3,(H,19,22)(H,20,21)(H,23,24). The number of hydrogen-bond donors (Lipinski definition) is 3. The van der Waals surface area contributed by atoms with Crippen molar-refractivity contribution in [3.8, 4) is 0 Å². The lowest BCUT2D eigenvalue weighted by Crippen LogP contribution is -2.19. The van der Waals surface area contributed by atoms with Crippen LogP contribution in [0, 0.1) is 6.92 Å². The second-order valence-corrected chi connectivity index (χ2v) is 7.15. The van der Waals surface area contributed by atoms with E-state index in [1.165, 1.54) is 36.5 Å². The zero-order chi connectivity index (χ0) is 20.3. The smallest absolute Gasteiger partial charge is 0.356 e. The van der Waals surface area contributed by atoms with Crippen LogP contribution in [0.15, 0.2) is 52.1 Å². The fraction of sp³-hybridized carbons (Fsp3) is 0.0625. The number of carboxylic acids is 1. The number of aromatic carboxylic acids is 1. The molecular formula is C16H13N5O6S. The number of carbonyl (C=O) groups is 2. The average Bonchev–Trinajstić information content (AvgIpc) is 3.06. The van der Waals surface area contributed by atoms with Crippen molar-refractivity contribution in [2.75, 3.05) is 10.0 Å². The molecular weight excluding hydrogens is 390 g/mol. The Morgan fingerprint density at radius 3 is 2.29 bits per heavy atom. The highest BCUT2D eigenvalue weighted by atomic mass is 32.2. The summed E-state index contributed by atoms with van der Waals surface area (Å²) in [5.74, 6) is -1.70. The van der Waals surface area contributed by atoms with Crippen LogP contribution >= 0.6 is 0 Å². The van der Waals surface area contributed by atoms with Gasteiger partial charge in [0.15, 0.2) is 17.2 Å². The molecule has 1 aromatic carbocycles. The molecule has 3 aromatic rings. The number of nitrogens with one attached hydrogen (secondary N) is 2. The Hall–Kier alpha value is -3.80. The van der Waals surface area contributed by atoms with Gasteiger partial charge in [-0.05, 0) is 31.2 Å². The number of carbonyl (C=O) groups excluding carboxylic acids is 1. The van der Waals surface area contributed by atoms with E-state index in [0.717, 1.165) is 6.20 Å². The van der Waals surface area contributed by atoms with Gasteiger partial charge in [-0.2, -0.15) is 0 Å². The number of aryl methyl sites for hydroxylation is 1. The number of aromatic nitrogens is 3. The highest BCUT2D eigenvalue weighted by Gasteiger charge is 2.20. The van der Waals surface area contributed by atoms with Crippen molar-refractivity contribution >= 4 is 33.4 Å². The Morgan fingerprint density at radius 1 is 1.07 bits per heavy atom. The predicted molar refractivity (Wildman–Crippen MR) is 95.4 cm³/mol. The van der Waals surface area contributed by atoms with Gasteiger partial charge in [-0.1, -0.05) is 5.16 Å². The van der Waals surface area contributed by atoms with Gasteiger partial charge in [0, 0.05) is 24.1 Å². The number of anilines is 2. The largest absolute Gasteiger partial charge is 0.476 e. The van der Waals surface area contributed by atoms with Crippen molar-refractivity contribution in [3.63, 3.8) is 0 Å². The molecule has 144 valence electrons. The van der Waals surface area contributed by atoms with E-state index < -0.39 is 27.6 Å². The summed E-state index contributed by atoms with van der Waals surface area (Å²) < 4.78 is 31.7. The average molecular weight is 403 g/mol. The van der Waals surface area contributed by atoms with E-state index in [1.54, 1.807) is 6.92 Å². The summed E-state index contributed by atoms with van der Waals surface area (Å²) >= 11 is 0. The molecule has 0 atom stereocenters. The lowest BCUT2D eigenvalue weighted by Gasteiger charge is -2.08. The minimum absolute atomic E-state index is 0.0405. The molecule has 11 nitrogen and oxygen atoms in total. The molecule has 0 unspecified atom stereocenters. The summed E-state index contributed by atoms with van der Waals surface area (Å²) in [5.41, 5.74) is -0.621. The van der Waals surface area contributed by atoms with E-state index in [0.29, 0.717) is 5.76 Å². The van der Waals surface area contributed by atoms with Crippen LogP contribution in [0.25, 0.3) is 0 Å². The lowest BCUT2D eigenvalue weighted by atomic mass is 10.2. The summed E-state index contributed by atoms with van der Waals surface area (Å²) in [6.07, 6.45) is 2.34. The zero-order valence-corrected chi connectivity index (χ0v) is 15.1. The third-order valence-corrected chi connectivity index (χ3v) is 4.78. The molecule has 12 heteroatoms. The first kappa shape index (κ1) is 19.0. The number of sulfonamides is 1.